The Morgan fingerprint density at radius 2 is 2.04 bits per heavy atom. The lowest BCUT2D eigenvalue weighted by Crippen LogP contribution is -2.47. The van der Waals surface area contributed by atoms with Crippen LogP contribution in [0.1, 0.15) is 48.4 Å². The Hall–Kier alpha value is -2.09. The van der Waals surface area contributed by atoms with E-state index in [9.17, 15) is 9.59 Å². The van der Waals surface area contributed by atoms with Gasteiger partial charge in [0.05, 0.1) is 16.8 Å². The van der Waals surface area contributed by atoms with Crippen LogP contribution in [0.3, 0.4) is 0 Å². The number of fused-ring (bicyclic) bond motifs is 1. The molecule has 1 saturated heterocycles. The zero-order valence-electron chi connectivity index (χ0n) is 15.9. The van der Waals surface area contributed by atoms with Crippen molar-refractivity contribution in [1.29, 1.82) is 0 Å². The molecule has 1 N–H and O–H groups in total. The lowest BCUT2D eigenvalue weighted by molar-refractivity contribution is 0.0855. The number of nitrogens with zero attached hydrogens (tertiary/aromatic N) is 3. The molecule has 0 atom stereocenters. The normalized spacial score (nSPS) is 15.2. The Balaban J connectivity index is 1.75. The third-order valence-electron chi connectivity index (χ3n) is 4.79. The number of piperidine rings is 1. The first-order valence-corrected chi connectivity index (χ1v) is 10.1. The zero-order valence-corrected chi connectivity index (χ0v) is 17.5. The van der Waals surface area contributed by atoms with E-state index in [0.29, 0.717) is 44.7 Å². The van der Waals surface area contributed by atoms with Crippen molar-refractivity contribution in [3.63, 3.8) is 0 Å². The average molecular weight is 437 g/mol. The molecule has 8 heteroatoms. The van der Waals surface area contributed by atoms with E-state index in [4.69, 9.17) is 4.74 Å². The number of pyridine rings is 1. The highest BCUT2D eigenvalue weighted by Crippen LogP contribution is 2.23. The number of amides is 2. The summed E-state index contributed by atoms with van der Waals surface area (Å²) in [5, 5.41) is 3.12. The molecule has 7 nitrogen and oxygen atoms in total. The van der Waals surface area contributed by atoms with Gasteiger partial charge in [-0.25, -0.2) is 9.78 Å². The van der Waals surface area contributed by atoms with Crippen LogP contribution in [0.15, 0.2) is 16.7 Å². The number of imidazole rings is 1. The minimum Gasteiger partial charge on any atom is -0.450 e. The van der Waals surface area contributed by atoms with E-state index >= 15 is 0 Å². The molecular weight excluding hydrogens is 412 g/mol. The van der Waals surface area contributed by atoms with Crippen molar-refractivity contribution >= 4 is 33.6 Å². The van der Waals surface area contributed by atoms with Crippen LogP contribution in [-0.2, 0) is 11.2 Å². The molecule has 3 heterocycles. The first kappa shape index (κ1) is 19.7. The van der Waals surface area contributed by atoms with Crippen molar-refractivity contribution in [1.82, 2.24) is 19.6 Å². The molecule has 1 aliphatic rings. The van der Waals surface area contributed by atoms with Crippen molar-refractivity contribution in [3.8, 4) is 0 Å². The minimum absolute atomic E-state index is 0.0340. The van der Waals surface area contributed by atoms with E-state index in [-0.39, 0.29) is 18.0 Å². The number of carbonyl (C=O) groups is 2. The van der Waals surface area contributed by atoms with Crippen LogP contribution >= 0.6 is 15.9 Å². The second-order valence-corrected chi connectivity index (χ2v) is 7.61. The van der Waals surface area contributed by atoms with Gasteiger partial charge >= 0.3 is 6.09 Å². The van der Waals surface area contributed by atoms with Crippen LogP contribution in [0.4, 0.5) is 4.79 Å². The summed E-state index contributed by atoms with van der Waals surface area (Å²) in [5.41, 5.74) is 3.17. The number of carbonyl (C=O) groups excluding carboxylic acids is 2. The molecule has 0 bridgehead atoms. The number of aryl methyl sites for hydroxylation is 2. The third kappa shape index (κ3) is 4.10. The highest BCUT2D eigenvalue weighted by Gasteiger charge is 2.27. The Morgan fingerprint density at radius 1 is 1.33 bits per heavy atom. The Kier molecular flexibility index (Phi) is 6.04. The fourth-order valence-electron chi connectivity index (χ4n) is 3.44. The number of hydrogen-bond acceptors (Lipinski definition) is 4. The molecule has 1 fully saturated rings. The summed E-state index contributed by atoms with van der Waals surface area (Å²) in [6.07, 6.45) is 3.76. The van der Waals surface area contributed by atoms with Gasteiger partial charge < -0.3 is 15.0 Å². The van der Waals surface area contributed by atoms with Crippen LogP contribution in [0.5, 0.6) is 0 Å². The summed E-state index contributed by atoms with van der Waals surface area (Å²) in [7, 11) is 0. The summed E-state index contributed by atoms with van der Waals surface area (Å²) in [4.78, 5) is 31.1. The molecule has 1 aliphatic heterocycles. The second kappa shape index (κ2) is 8.29. The van der Waals surface area contributed by atoms with Gasteiger partial charge in [-0.2, -0.15) is 0 Å². The summed E-state index contributed by atoms with van der Waals surface area (Å²) in [6.45, 7) is 7.33. The number of rotatable bonds is 4. The van der Waals surface area contributed by atoms with Gasteiger partial charge in [-0.05, 0) is 60.7 Å². The lowest BCUT2D eigenvalue weighted by atomic mass is 10.1. The fraction of sp³-hybridized carbons (Fsp3) is 0.526. The third-order valence-corrected chi connectivity index (χ3v) is 5.37. The summed E-state index contributed by atoms with van der Waals surface area (Å²) in [5.74, 6) is -0.119. The number of hydrogen-bond donors (Lipinski definition) is 1. The van der Waals surface area contributed by atoms with Gasteiger partial charge in [-0.3, -0.25) is 9.20 Å². The van der Waals surface area contributed by atoms with Crippen molar-refractivity contribution in [2.75, 3.05) is 19.7 Å². The van der Waals surface area contributed by atoms with Gasteiger partial charge in [0, 0.05) is 25.3 Å². The largest absolute Gasteiger partial charge is 0.450 e. The summed E-state index contributed by atoms with van der Waals surface area (Å²) >= 11 is 3.54. The zero-order chi connectivity index (χ0) is 19.6. The molecule has 27 heavy (non-hydrogen) atoms. The standard InChI is InChI=1S/C19H25BrN4O3/c1-4-15-16(24-11-12(3)10-14(20)17(24)22-15)18(25)21-13-6-8-23(9-7-13)19(26)27-5-2/h10-11,13H,4-9H2,1-3H3,(H,21,25). The number of likely N-dealkylation sites (tertiary alicyclic amines) is 1. The second-order valence-electron chi connectivity index (χ2n) is 6.75. The van der Waals surface area contributed by atoms with E-state index in [2.05, 4.69) is 26.2 Å². The van der Waals surface area contributed by atoms with E-state index in [0.717, 1.165) is 21.4 Å². The van der Waals surface area contributed by atoms with Gasteiger partial charge in [0.15, 0.2) is 5.65 Å². The molecule has 0 spiro atoms. The van der Waals surface area contributed by atoms with E-state index in [1.807, 2.05) is 30.5 Å². The van der Waals surface area contributed by atoms with Gasteiger partial charge in [-0.15, -0.1) is 0 Å². The van der Waals surface area contributed by atoms with Crippen molar-refractivity contribution in [2.24, 2.45) is 0 Å². The van der Waals surface area contributed by atoms with Crippen LogP contribution in [0, 0.1) is 6.92 Å². The number of aromatic nitrogens is 2. The van der Waals surface area contributed by atoms with E-state index < -0.39 is 0 Å². The minimum atomic E-state index is -0.280. The smallest absolute Gasteiger partial charge is 0.409 e. The molecule has 2 aromatic heterocycles. The quantitative estimate of drug-likeness (QED) is 0.797. The predicted molar refractivity (Wildman–Crippen MR) is 106 cm³/mol. The summed E-state index contributed by atoms with van der Waals surface area (Å²) < 4.78 is 7.78. The molecule has 146 valence electrons. The first-order chi connectivity index (χ1) is 12.9. The van der Waals surface area contributed by atoms with Crippen LogP contribution in [0.25, 0.3) is 5.65 Å². The number of nitrogens with one attached hydrogen (secondary N) is 1. The van der Waals surface area contributed by atoms with Crippen LogP contribution < -0.4 is 5.32 Å². The maximum absolute atomic E-state index is 13.0. The Morgan fingerprint density at radius 3 is 2.67 bits per heavy atom. The highest BCUT2D eigenvalue weighted by molar-refractivity contribution is 9.10. The SMILES string of the molecule is CCOC(=O)N1CCC(NC(=O)c2c(CC)nc3c(Br)cc(C)cn23)CC1. The summed E-state index contributed by atoms with van der Waals surface area (Å²) in [6, 6.07) is 2.03. The van der Waals surface area contributed by atoms with E-state index in [1.54, 1.807) is 11.8 Å². The maximum Gasteiger partial charge on any atom is 0.409 e. The predicted octanol–water partition coefficient (Wildman–Crippen LogP) is 3.32. The molecular formula is C19H25BrN4O3. The molecule has 0 saturated carbocycles. The number of ether oxygens (including phenoxy) is 1. The monoisotopic (exact) mass is 436 g/mol. The van der Waals surface area contributed by atoms with Gasteiger partial charge in [0.2, 0.25) is 0 Å². The van der Waals surface area contributed by atoms with Crippen LogP contribution in [0.2, 0.25) is 0 Å². The molecule has 2 aromatic rings. The van der Waals surface area contributed by atoms with Gasteiger partial charge in [-0.1, -0.05) is 6.92 Å². The van der Waals surface area contributed by atoms with E-state index in [1.165, 1.54) is 0 Å². The van der Waals surface area contributed by atoms with Gasteiger partial charge in [0.1, 0.15) is 5.69 Å². The van der Waals surface area contributed by atoms with Gasteiger partial charge in [0.25, 0.3) is 5.91 Å². The molecule has 3 rings (SSSR count). The molecule has 0 radical (unpaired) electrons. The molecule has 0 unspecified atom stereocenters. The molecule has 0 aliphatic carbocycles. The lowest BCUT2D eigenvalue weighted by Gasteiger charge is -2.31. The molecule has 2 amide bonds. The maximum atomic E-state index is 13.0. The Labute approximate surface area is 167 Å². The highest BCUT2D eigenvalue weighted by atomic mass is 79.9. The van der Waals surface area contributed by atoms with Crippen molar-refractivity contribution in [3.05, 3.63) is 33.7 Å². The topological polar surface area (TPSA) is 75.9 Å². The first-order valence-electron chi connectivity index (χ1n) is 9.34. The average Bonchev–Trinajstić information content (AvgIpc) is 3.01. The fourth-order valence-corrected chi connectivity index (χ4v) is 4.08. The van der Waals surface area contributed by atoms with Crippen molar-refractivity contribution in [2.45, 2.75) is 46.1 Å². The number of halogens is 1. The Bertz CT molecular complexity index is 856. The van der Waals surface area contributed by atoms with Crippen LogP contribution in [-0.4, -0.2) is 52.0 Å². The van der Waals surface area contributed by atoms with Crippen molar-refractivity contribution < 1.29 is 14.3 Å². The molecule has 0 aromatic carbocycles.